The molecular formula is C12H10B3FN2O. The molecule has 0 N–H and O–H groups in total. The highest BCUT2D eigenvalue weighted by Gasteiger charge is 2.24. The normalized spacial score (nSPS) is 12.2. The van der Waals surface area contributed by atoms with E-state index in [1.165, 1.54) is 18.2 Å². The number of aromatic nitrogens is 2. The van der Waals surface area contributed by atoms with Gasteiger partial charge in [0.2, 0.25) is 0 Å². The molecule has 0 fully saturated rings. The minimum absolute atomic E-state index is 0.181. The van der Waals surface area contributed by atoms with E-state index in [4.69, 9.17) is 23.5 Å². The first-order chi connectivity index (χ1) is 8.71. The summed E-state index contributed by atoms with van der Waals surface area (Å²) >= 11 is 0. The SMILES string of the molecule is [B]C([B])([B])n1nc(C(=O)C(C)C)c2ccc(F)cc21. The number of halogens is 1. The second kappa shape index (κ2) is 4.55. The van der Waals surface area contributed by atoms with E-state index in [-0.39, 0.29) is 22.9 Å². The molecule has 90 valence electrons. The largest absolute Gasteiger partial charge is 0.292 e. The number of hydrogen-bond acceptors (Lipinski definition) is 2. The number of benzene rings is 1. The number of nitrogens with zero attached hydrogens (tertiary/aromatic N) is 2. The predicted molar refractivity (Wildman–Crippen MR) is 74.1 cm³/mol. The van der Waals surface area contributed by atoms with E-state index in [9.17, 15) is 9.18 Å². The molecule has 0 atom stereocenters. The first-order valence-corrected chi connectivity index (χ1v) is 5.81. The quantitative estimate of drug-likeness (QED) is 0.603. The molecule has 1 heterocycles. The van der Waals surface area contributed by atoms with E-state index in [0.29, 0.717) is 5.39 Å². The molecule has 0 bridgehead atoms. The van der Waals surface area contributed by atoms with Crippen LogP contribution in [0.5, 0.6) is 0 Å². The van der Waals surface area contributed by atoms with Crippen LogP contribution in [0.4, 0.5) is 4.39 Å². The fraction of sp³-hybridized carbons (Fsp3) is 0.333. The van der Waals surface area contributed by atoms with Gasteiger partial charge in [0.15, 0.2) is 5.78 Å². The Morgan fingerprint density at radius 2 is 2.00 bits per heavy atom. The summed E-state index contributed by atoms with van der Waals surface area (Å²) in [5, 5.41) is 2.72. The first-order valence-electron chi connectivity index (χ1n) is 5.81. The van der Waals surface area contributed by atoms with Crippen molar-refractivity contribution in [2.75, 3.05) is 0 Å². The third-order valence-electron chi connectivity index (χ3n) is 2.77. The molecule has 0 spiro atoms. The Hall–Kier alpha value is -1.52. The molecule has 0 aliphatic rings. The van der Waals surface area contributed by atoms with Crippen molar-refractivity contribution in [1.82, 2.24) is 9.78 Å². The second-order valence-electron chi connectivity index (χ2n) is 4.83. The van der Waals surface area contributed by atoms with Crippen LogP contribution in [0, 0.1) is 11.7 Å². The summed E-state index contributed by atoms with van der Waals surface area (Å²) in [6, 6.07) is 3.91. The third-order valence-corrected chi connectivity index (χ3v) is 2.77. The third kappa shape index (κ3) is 2.46. The van der Waals surface area contributed by atoms with Gasteiger partial charge in [-0.05, 0) is 23.4 Å². The molecule has 0 saturated heterocycles. The summed E-state index contributed by atoms with van der Waals surface area (Å²) in [5.41, 5.74) is 0.479. The summed E-state index contributed by atoms with van der Waals surface area (Å²) in [4.78, 5) is 12.1. The van der Waals surface area contributed by atoms with Gasteiger partial charge in [0.25, 0.3) is 0 Å². The Labute approximate surface area is 114 Å². The highest BCUT2D eigenvalue weighted by Crippen LogP contribution is 2.24. The zero-order valence-corrected chi connectivity index (χ0v) is 10.7. The maximum absolute atomic E-state index is 13.3. The Morgan fingerprint density at radius 1 is 1.37 bits per heavy atom. The van der Waals surface area contributed by atoms with Crippen LogP contribution in [0.25, 0.3) is 10.9 Å². The van der Waals surface area contributed by atoms with Gasteiger partial charge in [0, 0.05) is 11.3 Å². The van der Waals surface area contributed by atoms with Gasteiger partial charge in [-0.1, -0.05) is 13.8 Å². The molecule has 6 radical (unpaired) electrons. The Balaban J connectivity index is 2.78. The molecule has 3 nitrogen and oxygen atoms in total. The lowest BCUT2D eigenvalue weighted by Gasteiger charge is -2.22. The topological polar surface area (TPSA) is 34.9 Å². The van der Waals surface area contributed by atoms with Crippen molar-refractivity contribution in [1.29, 1.82) is 0 Å². The fourth-order valence-corrected chi connectivity index (χ4v) is 1.84. The summed E-state index contributed by atoms with van der Waals surface area (Å²) in [7, 11) is 16.8. The van der Waals surface area contributed by atoms with Gasteiger partial charge in [-0.15, -0.1) is 0 Å². The molecule has 7 heteroatoms. The average Bonchev–Trinajstić information content (AvgIpc) is 2.65. The van der Waals surface area contributed by atoms with E-state index in [0.717, 1.165) is 4.68 Å². The molecule has 0 aliphatic heterocycles. The maximum atomic E-state index is 13.3. The van der Waals surface area contributed by atoms with E-state index >= 15 is 0 Å². The molecule has 1 aromatic heterocycles. The zero-order chi connectivity index (χ0) is 14.4. The van der Waals surface area contributed by atoms with Gasteiger partial charge in [-0.25, -0.2) is 4.39 Å². The van der Waals surface area contributed by atoms with Crippen LogP contribution >= 0.6 is 0 Å². The minimum atomic E-state index is -1.80. The predicted octanol–water partition coefficient (Wildman–Crippen LogP) is 1.09. The lowest BCUT2D eigenvalue weighted by Crippen LogP contribution is -2.36. The number of ketones is 1. The lowest BCUT2D eigenvalue weighted by atomic mass is 9.49. The maximum Gasteiger partial charge on any atom is 0.186 e. The lowest BCUT2D eigenvalue weighted by molar-refractivity contribution is 0.0935. The molecular weight excluding hydrogens is 240 g/mol. The molecule has 19 heavy (non-hydrogen) atoms. The molecule has 0 amide bonds. The van der Waals surface area contributed by atoms with Crippen molar-refractivity contribution >= 4 is 40.2 Å². The number of carbonyl (C=O) groups is 1. The highest BCUT2D eigenvalue weighted by molar-refractivity contribution is 6.56. The standard InChI is InChI=1S/C12H10B3FN2O/c1-6(2)11(19)10-8-4-3-7(16)5-9(8)18(17-10)12(13,14)15/h3-6H,1-2H3. The summed E-state index contributed by atoms with van der Waals surface area (Å²) in [6.45, 7) is 3.49. The van der Waals surface area contributed by atoms with Crippen LogP contribution in [0.3, 0.4) is 0 Å². The molecule has 0 aliphatic carbocycles. The van der Waals surface area contributed by atoms with Gasteiger partial charge in [0.05, 0.1) is 29.1 Å². The van der Waals surface area contributed by atoms with Crippen LogP contribution < -0.4 is 0 Å². The second-order valence-corrected chi connectivity index (χ2v) is 4.83. The van der Waals surface area contributed by atoms with Crippen LogP contribution in [-0.2, 0) is 5.24 Å². The van der Waals surface area contributed by atoms with Gasteiger partial charge >= 0.3 is 0 Å². The number of Topliss-reactive ketones (excluding diaryl/α,β-unsaturated/α-hetero) is 1. The molecule has 2 aromatic rings. The zero-order valence-electron chi connectivity index (χ0n) is 10.7. The monoisotopic (exact) mass is 250 g/mol. The number of rotatable bonds is 3. The Bertz CT molecular complexity index is 646. The van der Waals surface area contributed by atoms with Crippen LogP contribution in [-0.4, -0.2) is 39.1 Å². The van der Waals surface area contributed by atoms with Gasteiger partial charge in [-0.2, -0.15) is 5.10 Å². The Kier molecular flexibility index (Phi) is 3.33. The summed E-state index contributed by atoms with van der Waals surface area (Å²) in [5.74, 6) is -0.916. The number of carbonyl (C=O) groups excluding carboxylic acids is 1. The number of hydrogen-bond donors (Lipinski definition) is 0. The van der Waals surface area contributed by atoms with E-state index in [2.05, 4.69) is 5.10 Å². The van der Waals surface area contributed by atoms with Crippen LogP contribution in [0.1, 0.15) is 24.3 Å². The van der Waals surface area contributed by atoms with E-state index < -0.39 is 11.1 Å². The average molecular weight is 250 g/mol. The van der Waals surface area contributed by atoms with E-state index in [1.54, 1.807) is 13.8 Å². The van der Waals surface area contributed by atoms with Crippen LogP contribution in [0.2, 0.25) is 0 Å². The smallest absolute Gasteiger partial charge is 0.186 e. The molecule has 0 unspecified atom stereocenters. The van der Waals surface area contributed by atoms with Crippen molar-refractivity contribution in [3.63, 3.8) is 0 Å². The highest BCUT2D eigenvalue weighted by atomic mass is 19.1. The van der Waals surface area contributed by atoms with Crippen molar-refractivity contribution in [3.8, 4) is 0 Å². The molecule has 0 saturated carbocycles. The van der Waals surface area contributed by atoms with Crippen molar-refractivity contribution < 1.29 is 9.18 Å². The van der Waals surface area contributed by atoms with Crippen LogP contribution in [0.15, 0.2) is 18.2 Å². The van der Waals surface area contributed by atoms with Crippen molar-refractivity contribution in [3.05, 3.63) is 29.7 Å². The Morgan fingerprint density at radius 3 is 2.53 bits per heavy atom. The fourth-order valence-electron chi connectivity index (χ4n) is 1.84. The number of fused-ring (bicyclic) bond motifs is 1. The molecule has 1 aromatic carbocycles. The van der Waals surface area contributed by atoms with Crippen molar-refractivity contribution in [2.45, 2.75) is 19.1 Å². The molecule has 2 rings (SSSR count). The van der Waals surface area contributed by atoms with E-state index in [1.807, 2.05) is 0 Å². The van der Waals surface area contributed by atoms with Crippen molar-refractivity contribution in [2.24, 2.45) is 5.92 Å². The van der Waals surface area contributed by atoms with Gasteiger partial charge < -0.3 is 0 Å². The van der Waals surface area contributed by atoms with Gasteiger partial charge in [0.1, 0.15) is 11.5 Å². The first kappa shape index (κ1) is 13.9. The minimum Gasteiger partial charge on any atom is -0.292 e. The summed E-state index contributed by atoms with van der Waals surface area (Å²) < 4.78 is 14.4. The summed E-state index contributed by atoms with van der Waals surface area (Å²) in [6.07, 6.45) is 0. The van der Waals surface area contributed by atoms with Gasteiger partial charge in [-0.3, -0.25) is 9.48 Å².